The lowest BCUT2D eigenvalue weighted by Gasteiger charge is -2.72. The van der Waals surface area contributed by atoms with Crippen LogP contribution in [0.2, 0.25) is 0 Å². The monoisotopic (exact) mass is 697 g/mol. The second kappa shape index (κ2) is 15.8. The largest absolute Gasteiger partial charge is 0.462 e. The molecule has 0 saturated heterocycles. The van der Waals surface area contributed by atoms with Gasteiger partial charge in [-0.2, -0.15) is 0 Å². The van der Waals surface area contributed by atoms with Gasteiger partial charge in [0.2, 0.25) is 0 Å². The minimum absolute atomic E-state index is 0.0109. The molecule has 12 unspecified atom stereocenters. The maximum atomic E-state index is 13.2. The average Bonchev–Trinajstić information content (AvgIpc) is 3.04. The Bertz CT molecular complexity index is 1170. The van der Waals surface area contributed by atoms with Crippen LogP contribution in [0.1, 0.15) is 197 Å². The Morgan fingerprint density at radius 2 is 1.32 bits per heavy atom. The molecule has 0 aliphatic heterocycles. The van der Waals surface area contributed by atoms with E-state index in [1.807, 2.05) is 0 Å². The lowest BCUT2D eigenvalue weighted by molar-refractivity contribution is -0.238. The van der Waals surface area contributed by atoms with Crippen molar-refractivity contribution < 1.29 is 19.7 Å². The van der Waals surface area contributed by atoms with Crippen LogP contribution in [0.4, 0.5) is 0 Å². The molecule has 2 N–H and O–H groups in total. The van der Waals surface area contributed by atoms with E-state index in [2.05, 4.69) is 68.4 Å². The third-order valence-electron chi connectivity index (χ3n) is 17.1. The third kappa shape index (κ3) is 7.19. The highest BCUT2D eigenvalue weighted by Gasteiger charge is 2.71. The molecular formula is C46H80O4. The molecule has 5 aliphatic rings. The van der Waals surface area contributed by atoms with E-state index >= 15 is 0 Å². The zero-order valence-electron chi connectivity index (χ0n) is 34.3. The lowest BCUT2D eigenvalue weighted by atomic mass is 9.32. The van der Waals surface area contributed by atoms with E-state index in [1.54, 1.807) is 0 Å². The van der Waals surface area contributed by atoms with E-state index in [9.17, 15) is 15.0 Å². The van der Waals surface area contributed by atoms with E-state index < -0.39 is 6.10 Å². The molecule has 0 radical (unpaired) electrons. The molecule has 0 amide bonds. The molecule has 0 aromatic heterocycles. The summed E-state index contributed by atoms with van der Waals surface area (Å²) in [6, 6.07) is 0. The number of hydrogen-bond acceptors (Lipinski definition) is 4. The van der Waals surface area contributed by atoms with E-state index in [0.717, 1.165) is 51.4 Å². The Balaban J connectivity index is 1.17. The van der Waals surface area contributed by atoms with Gasteiger partial charge in [0.1, 0.15) is 6.10 Å². The molecule has 5 aliphatic carbocycles. The minimum Gasteiger partial charge on any atom is -0.462 e. The predicted octanol–water partition coefficient (Wildman–Crippen LogP) is 12.0. The van der Waals surface area contributed by atoms with E-state index in [4.69, 9.17) is 4.74 Å². The normalized spacial score (nSPS) is 43.5. The summed E-state index contributed by atoms with van der Waals surface area (Å²) in [5, 5.41) is 24.3. The summed E-state index contributed by atoms with van der Waals surface area (Å²) in [5.41, 5.74) is 0.906. The van der Waals surface area contributed by atoms with Crippen LogP contribution in [0.3, 0.4) is 0 Å². The van der Waals surface area contributed by atoms with Crippen molar-refractivity contribution in [3.05, 3.63) is 11.6 Å². The number of aliphatic hydroxyl groups is 2. The van der Waals surface area contributed by atoms with Gasteiger partial charge in [-0.25, -0.2) is 0 Å². The number of aliphatic hydroxyl groups excluding tert-OH is 2. The molecule has 4 saturated carbocycles. The third-order valence-corrected chi connectivity index (χ3v) is 17.1. The number of rotatable bonds is 15. The highest BCUT2D eigenvalue weighted by Crippen LogP contribution is 2.75. The molecule has 288 valence electrons. The number of esters is 1. The molecule has 0 heterocycles. The summed E-state index contributed by atoms with van der Waals surface area (Å²) >= 11 is 0. The van der Waals surface area contributed by atoms with Gasteiger partial charge in [0, 0.05) is 23.2 Å². The van der Waals surface area contributed by atoms with Gasteiger partial charge >= 0.3 is 5.97 Å². The second-order valence-corrected chi connectivity index (χ2v) is 20.3. The zero-order chi connectivity index (χ0) is 36.5. The Hall–Kier alpha value is -0.870. The quantitative estimate of drug-likeness (QED) is 0.102. The SMILES string of the molecule is CCCCCCCCCCCCCCCC(=O)OC1CCC2(C)C(CCC3(C)C2C(O)C=C2C4C(C)C(C)CCC4(C)C(O)CC23C)C1(C)C. The molecule has 4 fully saturated rings. The van der Waals surface area contributed by atoms with Gasteiger partial charge in [-0.15, -0.1) is 0 Å². The standard InChI is InChI=1S/C46H80O4/c1-10-11-12-13-14-15-16-17-18-19-20-21-22-23-39(49)50-38-26-28-43(6)36(42(38,4)5)25-29-45(8)41(43)35(47)30-34-40-33(3)32(2)24-27-44(40,7)37(48)31-46(34,45)9/h30,32-33,35-38,40-41,47-48H,10-29,31H2,1-9H3. The summed E-state index contributed by atoms with van der Waals surface area (Å²) in [6.45, 7) is 21.5. The zero-order valence-corrected chi connectivity index (χ0v) is 34.3. The van der Waals surface area contributed by atoms with Gasteiger partial charge in [0.15, 0.2) is 0 Å². The fourth-order valence-electron chi connectivity index (χ4n) is 13.7. The fourth-order valence-corrected chi connectivity index (χ4v) is 13.7. The first-order chi connectivity index (χ1) is 23.6. The highest BCUT2D eigenvalue weighted by molar-refractivity contribution is 5.69. The summed E-state index contributed by atoms with van der Waals surface area (Å²) in [4.78, 5) is 13.2. The van der Waals surface area contributed by atoms with Crippen LogP contribution < -0.4 is 0 Å². The number of carbonyl (C=O) groups is 1. The highest BCUT2D eigenvalue weighted by atomic mass is 16.5. The van der Waals surface area contributed by atoms with Crippen molar-refractivity contribution in [2.45, 2.75) is 215 Å². The average molecular weight is 697 g/mol. The summed E-state index contributed by atoms with van der Waals surface area (Å²) < 4.78 is 6.36. The van der Waals surface area contributed by atoms with Gasteiger partial charge in [0.25, 0.3) is 0 Å². The molecule has 4 nitrogen and oxygen atoms in total. The fraction of sp³-hybridized carbons (Fsp3) is 0.935. The van der Waals surface area contributed by atoms with Gasteiger partial charge in [-0.1, -0.05) is 151 Å². The smallest absolute Gasteiger partial charge is 0.306 e. The van der Waals surface area contributed by atoms with E-state index in [-0.39, 0.29) is 51.2 Å². The summed E-state index contributed by atoms with van der Waals surface area (Å²) in [7, 11) is 0. The van der Waals surface area contributed by atoms with Gasteiger partial charge in [-0.05, 0) is 91.3 Å². The molecule has 0 aromatic rings. The van der Waals surface area contributed by atoms with Crippen LogP contribution in [0.15, 0.2) is 11.6 Å². The van der Waals surface area contributed by atoms with Crippen LogP contribution in [0, 0.1) is 56.7 Å². The van der Waals surface area contributed by atoms with Gasteiger partial charge < -0.3 is 14.9 Å². The molecule has 50 heavy (non-hydrogen) atoms. The Morgan fingerprint density at radius 1 is 0.760 bits per heavy atom. The molecule has 0 spiro atoms. The van der Waals surface area contributed by atoms with Crippen LogP contribution >= 0.6 is 0 Å². The van der Waals surface area contributed by atoms with E-state index in [0.29, 0.717) is 30.1 Å². The van der Waals surface area contributed by atoms with Crippen molar-refractivity contribution in [1.29, 1.82) is 0 Å². The first-order valence-corrected chi connectivity index (χ1v) is 21.9. The van der Waals surface area contributed by atoms with Crippen LogP contribution in [0.5, 0.6) is 0 Å². The number of fused-ring (bicyclic) bond motifs is 7. The minimum atomic E-state index is -0.481. The van der Waals surface area contributed by atoms with Crippen molar-refractivity contribution in [2.24, 2.45) is 56.7 Å². The first-order valence-electron chi connectivity index (χ1n) is 21.9. The molecule has 5 rings (SSSR count). The number of carbonyl (C=O) groups excluding carboxylic acids is 1. The number of hydrogen-bond donors (Lipinski definition) is 2. The molecule has 0 bridgehead atoms. The Kier molecular flexibility index (Phi) is 12.8. The maximum Gasteiger partial charge on any atom is 0.306 e. The van der Waals surface area contributed by atoms with Crippen molar-refractivity contribution in [2.75, 3.05) is 0 Å². The summed E-state index contributed by atoms with van der Waals surface area (Å²) in [5.74, 6) is 1.93. The van der Waals surface area contributed by atoms with Crippen LogP contribution in [0.25, 0.3) is 0 Å². The van der Waals surface area contributed by atoms with Gasteiger partial charge in [0.05, 0.1) is 12.2 Å². The number of allylic oxidation sites excluding steroid dienone is 1. The molecule has 12 atom stereocenters. The summed E-state index contributed by atoms with van der Waals surface area (Å²) in [6.07, 6.45) is 26.0. The van der Waals surface area contributed by atoms with Crippen LogP contribution in [-0.4, -0.2) is 34.5 Å². The molecule has 0 aromatic carbocycles. The molecular weight excluding hydrogens is 617 g/mol. The molecule has 4 heteroatoms. The van der Waals surface area contributed by atoms with Crippen molar-refractivity contribution in [1.82, 2.24) is 0 Å². The van der Waals surface area contributed by atoms with Crippen molar-refractivity contribution in [3.8, 4) is 0 Å². The van der Waals surface area contributed by atoms with Crippen molar-refractivity contribution in [3.63, 3.8) is 0 Å². The predicted molar refractivity (Wildman–Crippen MR) is 208 cm³/mol. The van der Waals surface area contributed by atoms with Crippen molar-refractivity contribution >= 4 is 5.97 Å². The van der Waals surface area contributed by atoms with Crippen LogP contribution in [-0.2, 0) is 9.53 Å². The Labute approximate surface area is 308 Å². The lowest BCUT2D eigenvalue weighted by Crippen LogP contribution is -2.69. The number of ether oxygens (including phenoxy) is 1. The maximum absolute atomic E-state index is 13.2. The van der Waals surface area contributed by atoms with Gasteiger partial charge in [-0.3, -0.25) is 4.79 Å². The topological polar surface area (TPSA) is 66.8 Å². The Morgan fingerprint density at radius 3 is 1.92 bits per heavy atom. The second-order valence-electron chi connectivity index (χ2n) is 20.3. The first kappa shape index (κ1) is 40.3. The number of unbranched alkanes of at least 4 members (excludes halogenated alkanes) is 12. The van der Waals surface area contributed by atoms with E-state index in [1.165, 1.54) is 82.6 Å².